The molecule has 0 saturated heterocycles. The maximum Gasteiger partial charge on any atom is 0.221 e. The Morgan fingerprint density at radius 3 is 2.67 bits per heavy atom. The van der Waals surface area contributed by atoms with Gasteiger partial charge in [0.1, 0.15) is 0 Å². The first-order chi connectivity index (χ1) is 8.58. The highest BCUT2D eigenvalue weighted by atomic mass is 16.5. The molecule has 0 radical (unpaired) electrons. The quantitative estimate of drug-likeness (QED) is 0.695. The number of hydrogen-bond donors (Lipinski definition) is 2. The van der Waals surface area contributed by atoms with Crippen LogP contribution < -0.4 is 10.6 Å². The lowest BCUT2D eigenvalue weighted by molar-refractivity contribution is -0.127. The Morgan fingerprint density at radius 1 is 1.39 bits per heavy atom. The van der Waals surface area contributed by atoms with Crippen molar-refractivity contribution in [1.29, 1.82) is 0 Å². The van der Waals surface area contributed by atoms with Crippen molar-refractivity contribution in [3.8, 4) is 0 Å². The Hall–Kier alpha value is -0.610. The van der Waals surface area contributed by atoms with Gasteiger partial charge in [-0.25, -0.2) is 0 Å². The standard InChI is InChI=1S/C14H28N2O2/c1-5-14(4)11(10-12(14)18-7-3)16-9-8-13(17)15-6-2/h11-12,16H,5-10H2,1-4H3,(H,15,17). The fraction of sp³-hybridized carbons (Fsp3) is 0.929. The van der Waals surface area contributed by atoms with E-state index in [0.717, 1.165) is 26.0 Å². The van der Waals surface area contributed by atoms with E-state index in [1.165, 1.54) is 0 Å². The van der Waals surface area contributed by atoms with Gasteiger partial charge in [-0.05, 0) is 26.7 Å². The maximum atomic E-state index is 11.4. The summed E-state index contributed by atoms with van der Waals surface area (Å²) < 4.78 is 5.76. The molecule has 106 valence electrons. The Balaban J connectivity index is 2.29. The SMILES string of the molecule is CCNC(=O)CCNC1CC(OCC)C1(C)CC. The van der Waals surface area contributed by atoms with Gasteiger partial charge in [-0.3, -0.25) is 4.79 Å². The summed E-state index contributed by atoms with van der Waals surface area (Å²) in [5, 5.41) is 6.31. The van der Waals surface area contributed by atoms with E-state index in [0.29, 0.717) is 25.1 Å². The third-order valence-electron chi connectivity index (χ3n) is 4.23. The first-order valence-corrected chi connectivity index (χ1v) is 7.20. The zero-order valence-electron chi connectivity index (χ0n) is 12.2. The topological polar surface area (TPSA) is 50.4 Å². The molecule has 1 rings (SSSR count). The van der Waals surface area contributed by atoms with Gasteiger partial charge >= 0.3 is 0 Å². The summed E-state index contributed by atoms with van der Waals surface area (Å²) in [6, 6.07) is 0.480. The molecule has 18 heavy (non-hydrogen) atoms. The van der Waals surface area contributed by atoms with Gasteiger partial charge in [-0.1, -0.05) is 13.8 Å². The van der Waals surface area contributed by atoms with Gasteiger partial charge in [-0.2, -0.15) is 0 Å². The van der Waals surface area contributed by atoms with Crippen molar-refractivity contribution < 1.29 is 9.53 Å². The molecule has 1 aliphatic carbocycles. The molecular formula is C14H28N2O2. The maximum absolute atomic E-state index is 11.4. The molecule has 1 aliphatic rings. The minimum atomic E-state index is 0.129. The van der Waals surface area contributed by atoms with Gasteiger partial charge in [0.25, 0.3) is 0 Å². The predicted octanol–water partition coefficient (Wildman–Crippen LogP) is 1.70. The fourth-order valence-corrected chi connectivity index (χ4v) is 2.71. The second kappa shape index (κ2) is 7.10. The molecule has 4 heteroatoms. The molecular weight excluding hydrogens is 228 g/mol. The van der Waals surface area contributed by atoms with Crippen LogP contribution in [0.15, 0.2) is 0 Å². The van der Waals surface area contributed by atoms with Crippen LogP contribution >= 0.6 is 0 Å². The van der Waals surface area contributed by atoms with Crippen molar-refractivity contribution in [3.05, 3.63) is 0 Å². The number of hydrogen-bond acceptors (Lipinski definition) is 3. The van der Waals surface area contributed by atoms with Gasteiger partial charge in [0.2, 0.25) is 5.91 Å². The van der Waals surface area contributed by atoms with Gasteiger partial charge in [-0.15, -0.1) is 0 Å². The van der Waals surface area contributed by atoms with E-state index in [4.69, 9.17) is 4.74 Å². The molecule has 4 nitrogen and oxygen atoms in total. The summed E-state index contributed by atoms with van der Waals surface area (Å²) in [5.41, 5.74) is 0.219. The third kappa shape index (κ3) is 3.45. The fourth-order valence-electron chi connectivity index (χ4n) is 2.71. The molecule has 1 amide bonds. The highest BCUT2D eigenvalue weighted by molar-refractivity contribution is 5.75. The van der Waals surface area contributed by atoms with Crippen LogP contribution in [0, 0.1) is 5.41 Å². The zero-order chi connectivity index (χ0) is 13.6. The number of rotatable bonds is 8. The van der Waals surface area contributed by atoms with E-state index in [-0.39, 0.29) is 11.3 Å². The molecule has 0 aromatic rings. The molecule has 0 aromatic carbocycles. The molecule has 0 aliphatic heterocycles. The Bertz CT molecular complexity index is 271. The third-order valence-corrected chi connectivity index (χ3v) is 4.23. The first kappa shape index (κ1) is 15.4. The molecule has 3 unspecified atom stereocenters. The van der Waals surface area contributed by atoms with Crippen molar-refractivity contribution in [2.75, 3.05) is 19.7 Å². The average Bonchev–Trinajstić information content (AvgIpc) is 2.36. The Kier molecular flexibility index (Phi) is 6.09. The molecule has 2 N–H and O–H groups in total. The first-order valence-electron chi connectivity index (χ1n) is 7.20. The van der Waals surface area contributed by atoms with E-state index in [9.17, 15) is 4.79 Å². The van der Waals surface area contributed by atoms with Crippen LogP contribution in [0.5, 0.6) is 0 Å². The summed E-state index contributed by atoms with van der Waals surface area (Å²) >= 11 is 0. The van der Waals surface area contributed by atoms with E-state index in [1.54, 1.807) is 0 Å². The predicted molar refractivity (Wildman–Crippen MR) is 73.5 cm³/mol. The number of carbonyl (C=O) groups excluding carboxylic acids is 1. The van der Waals surface area contributed by atoms with E-state index in [1.807, 2.05) is 13.8 Å². The van der Waals surface area contributed by atoms with Crippen LogP contribution in [0.4, 0.5) is 0 Å². The van der Waals surface area contributed by atoms with Crippen LogP contribution in [0.25, 0.3) is 0 Å². The number of amides is 1. The molecule has 0 bridgehead atoms. The largest absolute Gasteiger partial charge is 0.378 e. The molecule has 0 spiro atoms. The van der Waals surface area contributed by atoms with E-state index in [2.05, 4.69) is 24.5 Å². The second-order valence-corrected chi connectivity index (χ2v) is 5.25. The van der Waals surface area contributed by atoms with Crippen LogP contribution in [0.3, 0.4) is 0 Å². The number of carbonyl (C=O) groups is 1. The van der Waals surface area contributed by atoms with Crippen molar-refractivity contribution in [1.82, 2.24) is 10.6 Å². The molecule has 0 heterocycles. The number of ether oxygens (including phenoxy) is 1. The molecule has 3 atom stereocenters. The average molecular weight is 256 g/mol. The van der Waals surface area contributed by atoms with Crippen LogP contribution in [-0.2, 0) is 9.53 Å². The van der Waals surface area contributed by atoms with E-state index < -0.39 is 0 Å². The highest BCUT2D eigenvalue weighted by Gasteiger charge is 2.50. The smallest absolute Gasteiger partial charge is 0.221 e. The highest BCUT2D eigenvalue weighted by Crippen LogP contribution is 2.45. The second-order valence-electron chi connectivity index (χ2n) is 5.25. The van der Waals surface area contributed by atoms with Gasteiger partial charge in [0.05, 0.1) is 6.10 Å². The van der Waals surface area contributed by atoms with Gasteiger partial charge < -0.3 is 15.4 Å². The monoisotopic (exact) mass is 256 g/mol. The van der Waals surface area contributed by atoms with Crippen LogP contribution in [-0.4, -0.2) is 37.7 Å². The lowest BCUT2D eigenvalue weighted by Crippen LogP contribution is -2.62. The normalized spacial score (nSPS) is 30.9. The van der Waals surface area contributed by atoms with Crippen molar-refractivity contribution in [2.24, 2.45) is 5.41 Å². The number of nitrogens with one attached hydrogen (secondary N) is 2. The van der Waals surface area contributed by atoms with E-state index >= 15 is 0 Å². The molecule has 1 fully saturated rings. The van der Waals surface area contributed by atoms with Crippen LogP contribution in [0.2, 0.25) is 0 Å². The Labute approximate surface area is 111 Å². The minimum Gasteiger partial charge on any atom is -0.378 e. The molecule has 0 aromatic heterocycles. The summed E-state index contributed by atoms with van der Waals surface area (Å²) in [6.07, 6.45) is 3.10. The van der Waals surface area contributed by atoms with Crippen molar-refractivity contribution >= 4 is 5.91 Å². The van der Waals surface area contributed by atoms with Crippen LogP contribution in [0.1, 0.15) is 47.0 Å². The van der Waals surface area contributed by atoms with Crippen molar-refractivity contribution in [3.63, 3.8) is 0 Å². The Morgan fingerprint density at radius 2 is 2.11 bits per heavy atom. The zero-order valence-corrected chi connectivity index (χ0v) is 12.2. The van der Waals surface area contributed by atoms with Crippen molar-refractivity contribution in [2.45, 2.75) is 59.1 Å². The lowest BCUT2D eigenvalue weighted by Gasteiger charge is -2.53. The lowest BCUT2D eigenvalue weighted by atomic mass is 9.61. The summed E-state index contributed by atoms with van der Waals surface area (Å²) in [7, 11) is 0. The summed E-state index contributed by atoms with van der Waals surface area (Å²) in [4.78, 5) is 11.4. The minimum absolute atomic E-state index is 0.129. The van der Waals surface area contributed by atoms with Gasteiger partial charge in [0.15, 0.2) is 0 Å². The van der Waals surface area contributed by atoms with Gasteiger partial charge in [0, 0.05) is 37.6 Å². The summed E-state index contributed by atoms with van der Waals surface area (Å²) in [5.74, 6) is 0.129. The molecule has 1 saturated carbocycles. The summed E-state index contributed by atoms with van der Waals surface area (Å²) in [6.45, 7) is 10.7.